The van der Waals surface area contributed by atoms with E-state index < -0.39 is 47.8 Å². The van der Waals surface area contributed by atoms with Crippen LogP contribution in [0.3, 0.4) is 0 Å². The largest absolute Gasteiger partial charge is 0.490 e. The van der Waals surface area contributed by atoms with E-state index in [1.54, 1.807) is 40.0 Å². The average molecular weight is 693 g/mol. The van der Waals surface area contributed by atoms with Gasteiger partial charge in [0.25, 0.3) is 0 Å². The Kier molecular flexibility index (Phi) is 9.81. The van der Waals surface area contributed by atoms with Gasteiger partial charge in [-0.05, 0) is 112 Å². The van der Waals surface area contributed by atoms with E-state index in [2.05, 4.69) is 17.0 Å². The summed E-state index contributed by atoms with van der Waals surface area (Å²) in [5.41, 5.74) is 0.464. The Bertz CT molecular complexity index is 1640. The van der Waals surface area contributed by atoms with Gasteiger partial charge in [0.2, 0.25) is 5.91 Å². The highest BCUT2D eigenvalue weighted by molar-refractivity contribution is 6.30. The van der Waals surface area contributed by atoms with Gasteiger partial charge in [-0.15, -0.1) is 0 Å². The zero-order chi connectivity index (χ0) is 35.1. The number of ether oxygens (including phenoxy) is 2. The first-order chi connectivity index (χ1) is 23.2. The lowest BCUT2D eigenvalue weighted by atomic mass is 9.68. The number of halogens is 1. The number of anilines is 1. The number of carboxylic acid groups (broad SMARTS) is 1. The maximum absolute atomic E-state index is 13.7. The van der Waals surface area contributed by atoms with Gasteiger partial charge in [0.1, 0.15) is 16.8 Å². The number of aryl methyl sites for hydroxylation is 1. The molecule has 1 amide bonds. The highest BCUT2D eigenvalue weighted by atomic mass is 35.5. The quantitative estimate of drug-likeness (QED) is 0.295. The van der Waals surface area contributed by atoms with Crippen molar-refractivity contribution in [3.05, 3.63) is 70.3 Å². The molecule has 2 N–H and O–H groups in total. The third kappa shape index (κ3) is 7.20. The van der Waals surface area contributed by atoms with Crippen LogP contribution in [0.15, 0.2) is 48.6 Å². The van der Waals surface area contributed by atoms with Crippen LogP contribution in [-0.4, -0.2) is 78.0 Å². The minimum atomic E-state index is -1.88. The predicted molar refractivity (Wildman–Crippen MR) is 188 cm³/mol. The number of carboxylic acids is 1. The number of aliphatic hydroxyl groups excluding tert-OH is 1. The van der Waals surface area contributed by atoms with Crippen LogP contribution in [0.25, 0.3) is 0 Å². The number of nitrogens with zero attached hydrogens (tertiary/aromatic N) is 2. The number of carbonyl (C=O) groups excluding carboxylic acids is 2. The number of rotatable bonds is 3. The van der Waals surface area contributed by atoms with Crippen LogP contribution >= 0.6 is 11.6 Å². The van der Waals surface area contributed by atoms with E-state index in [4.69, 9.17) is 21.1 Å². The number of fused-ring (bicyclic) bond motifs is 4. The summed E-state index contributed by atoms with van der Waals surface area (Å²) in [4.78, 5) is 44.4. The molecule has 2 aromatic carbocycles. The molecular weight excluding hydrogens is 644 g/mol. The Morgan fingerprint density at radius 3 is 2.65 bits per heavy atom. The fourth-order valence-corrected chi connectivity index (χ4v) is 8.49. The Balaban J connectivity index is 1.49. The van der Waals surface area contributed by atoms with E-state index >= 15 is 0 Å². The molecule has 0 saturated heterocycles. The Labute approximate surface area is 294 Å². The fourth-order valence-electron chi connectivity index (χ4n) is 8.30. The van der Waals surface area contributed by atoms with Crippen molar-refractivity contribution in [3.8, 4) is 5.75 Å². The van der Waals surface area contributed by atoms with Gasteiger partial charge in [-0.1, -0.05) is 35.9 Å². The molecule has 264 valence electrons. The van der Waals surface area contributed by atoms with Gasteiger partial charge in [-0.2, -0.15) is 0 Å². The second-order valence-electron chi connectivity index (χ2n) is 15.6. The van der Waals surface area contributed by atoms with Crippen LogP contribution in [-0.2, 0) is 36.4 Å². The Morgan fingerprint density at radius 1 is 1.14 bits per heavy atom. The van der Waals surface area contributed by atoms with Crippen molar-refractivity contribution >= 4 is 35.1 Å². The van der Waals surface area contributed by atoms with Crippen molar-refractivity contribution in [2.24, 2.45) is 11.8 Å². The van der Waals surface area contributed by atoms with Crippen LogP contribution in [0.1, 0.15) is 82.4 Å². The van der Waals surface area contributed by atoms with Gasteiger partial charge in [-0.3, -0.25) is 14.4 Å². The van der Waals surface area contributed by atoms with Gasteiger partial charge in [0, 0.05) is 43.5 Å². The second kappa shape index (κ2) is 13.6. The lowest BCUT2D eigenvalue weighted by Crippen LogP contribution is -2.49. The average Bonchev–Trinajstić information content (AvgIpc) is 3.16. The van der Waals surface area contributed by atoms with Gasteiger partial charge in [0.15, 0.2) is 0 Å². The van der Waals surface area contributed by atoms with E-state index in [1.807, 2.05) is 24.3 Å². The fraction of sp³-hybridized carbons (Fsp3) is 0.564. The molecule has 2 aliphatic carbocycles. The van der Waals surface area contributed by atoms with Crippen LogP contribution in [0, 0.1) is 11.8 Å². The molecule has 9 nitrogen and oxygen atoms in total. The second-order valence-corrected chi connectivity index (χ2v) is 16.1. The van der Waals surface area contributed by atoms with E-state index in [1.165, 1.54) is 16.0 Å². The summed E-state index contributed by atoms with van der Waals surface area (Å²) in [6.07, 6.45) is 7.44. The van der Waals surface area contributed by atoms with Crippen LogP contribution < -0.4 is 9.64 Å². The molecule has 49 heavy (non-hydrogen) atoms. The maximum Gasteiger partial charge on any atom is 0.315 e. The zero-order valence-electron chi connectivity index (χ0n) is 29.0. The molecular formula is C39H49ClN2O7. The summed E-state index contributed by atoms with van der Waals surface area (Å²) >= 11 is 6.44. The number of carbonyl (C=O) groups is 3. The minimum absolute atomic E-state index is 0.0815. The molecule has 1 unspecified atom stereocenters. The summed E-state index contributed by atoms with van der Waals surface area (Å²) < 4.78 is 12.3. The van der Waals surface area contributed by atoms with E-state index in [-0.39, 0.29) is 17.3 Å². The first-order valence-electron chi connectivity index (χ1n) is 17.5. The van der Waals surface area contributed by atoms with E-state index in [0.29, 0.717) is 49.0 Å². The third-order valence-electron chi connectivity index (χ3n) is 11.1. The Morgan fingerprint density at radius 2 is 1.94 bits per heavy atom. The molecule has 0 aromatic heterocycles. The number of aliphatic carboxylic acids is 1. The SMILES string of the molecule is CN1CC/C=C/[C@H](O)[C@@H]2CC[C@H]2CN2C[C@@]3(CCCc4cc(Cl)ccc43)COc3ccc(cc32)C(CC(=O)OC(C)(C)C)(C(=O)O)CC1=O. The summed E-state index contributed by atoms with van der Waals surface area (Å²) in [6.45, 7) is 7.26. The highest BCUT2D eigenvalue weighted by Gasteiger charge is 2.48. The number of benzene rings is 2. The van der Waals surface area contributed by atoms with Crippen molar-refractivity contribution in [1.82, 2.24) is 4.90 Å². The molecule has 10 heteroatoms. The van der Waals surface area contributed by atoms with Crippen molar-refractivity contribution in [3.63, 3.8) is 0 Å². The van der Waals surface area contributed by atoms with Crippen molar-refractivity contribution in [1.29, 1.82) is 0 Å². The molecule has 1 spiro atoms. The summed E-state index contributed by atoms with van der Waals surface area (Å²) in [7, 11) is 1.64. The molecule has 2 heterocycles. The van der Waals surface area contributed by atoms with Gasteiger partial charge >= 0.3 is 11.9 Å². The topological polar surface area (TPSA) is 117 Å². The monoisotopic (exact) mass is 692 g/mol. The standard InChI is InChI=1S/C39H49ClN2O7/c1-37(2,3)49-35(45)21-39(36(46)47)20-34(44)41(4)17-6-5-9-32(43)29-13-10-26(29)22-42-23-38(24-48-33-15-11-27(39)19-31(33)42)16-7-8-25-18-28(40)12-14-30(25)38/h5,9,11-12,14-15,18-19,26,29,32,43H,6-8,10,13,16-17,20-24H2,1-4H3,(H,46,47)/b9-5+/t26-,29+,32-,38-,39?/m0/s1. The molecule has 1 saturated carbocycles. The van der Waals surface area contributed by atoms with Crippen LogP contribution in [0.2, 0.25) is 5.02 Å². The molecule has 0 radical (unpaired) electrons. The van der Waals surface area contributed by atoms with Gasteiger partial charge < -0.3 is 29.5 Å². The number of hydrogen-bond donors (Lipinski definition) is 2. The molecule has 2 bridgehead atoms. The van der Waals surface area contributed by atoms with Gasteiger partial charge in [-0.25, -0.2) is 0 Å². The lowest BCUT2D eigenvalue weighted by Gasteiger charge is -2.45. The van der Waals surface area contributed by atoms with Crippen LogP contribution in [0.4, 0.5) is 5.69 Å². The smallest absolute Gasteiger partial charge is 0.315 e. The van der Waals surface area contributed by atoms with Gasteiger partial charge in [0.05, 0.1) is 24.8 Å². The molecule has 2 aliphatic heterocycles. The number of esters is 1. The first-order valence-corrected chi connectivity index (χ1v) is 17.9. The normalized spacial score (nSPS) is 29.5. The first kappa shape index (κ1) is 35.3. The molecule has 5 atom stereocenters. The zero-order valence-corrected chi connectivity index (χ0v) is 29.8. The molecule has 6 rings (SSSR count). The van der Waals surface area contributed by atoms with E-state index in [9.17, 15) is 24.6 Å². The summed E-state index contributed by atoms with van der Waals surface area (Å²) in [5.74, 6) is -1.43. The Hall–Kier alpha value is -3.56. The molecule has 4 aliphatic rings. The number of aliphatic hydroxyl groups is 1. The van der Waals surface area contributed by atoms with Crippen molar-refractivity contribution < 1.29 is 34.1 Å². The highest BCUT2D eigenvalue weighted by Crippen LogP contribution is 2.48. The molecule has 2 aromatic rings. The number of hydrogen-bond acceptors (Lipinski definition) is 7. The summed E-state index contributed by atoms with van der Waals surface area (Å²) in [6, 6.07) is 11.4. The number of amides is 1. The minimum Gasteiger partial charge on any atom is -0.490 e. The molecule has 1 fully saturated rings. The lowest BCUT2D eigenvalue weighted by molar-refractivity contribution is -0.162. The van der Waals surface area contributed by atoms with E-state index in [0.717, 1.165) is 37.8 Å². The summed E-state index contributed by atoms with van der Waals surface area (Å²) in [5, 5.41) is 22.9. The van der Waals surface area contributed by atoms with Crippen molar-refractivity contribution in [2.45, 2.75) is 94.7 Å². The predicted octanol–water partition coefficient (Wildman–Crippen LogP) is 6.06. The third-order valence-corrected chi connectivity index (χ3v) is 11.3. The van der Waals surface area contributed by atoms with Crippen molar-refractivity contribution in [2.75, 3.05) is 38.2 Å². The maximum atomic E-state index is 13.7. The van der Waals surface area contributed by atoms with Crippen LogP contribution in [0.5, 0.6) is 5.75 Å².